The summed E-state index contributed by atoms with van der Waals surface area (Å²) in [7, 11) is 2.10. The molecule has 132 valence electrons. The van der Waals surface area contributed by atoms with Crippen molar-refractivity contribution in [2.75, 3.05) is 0 Å². The minimum atomic E-state index is 1.02. The maximum atomic E-state index is 5.07. The molecule has 2 heteroatoms. The van der Waals surface area contributed by atoms with Crippen molar-refractivity contribution < 1.29 is 4.57 Å². The van der Waals surface area contributed by atoms with Gasteiger partial charge in [0.25, 0.3) is 0 Å². The number of hydrogen-bond donors (Lipinski definition) is 0. The van der Waals surface area contributed by atoms with Gasteiger partial charge in [-0.05, 0) is 76.8 Å². The van der Waals surface area contributed by atoms with Crippen LogP contribution in [0.2, 0.25) is 0 Å². The number of rotatable bonds is 2. The third-order valence-electron chi connectivity index (χ3n) is 5.68. The monoisotopic (exact) mass is 351 g/mol. The molecule has 0 N–H and O–H groups in total. The summed E-state index contributed by atoms with van der Waals surface area (Å²) in [5.41, 5.74) is 6.35. The van der Waals surface area contributed by atoms with Gasteiger partial charge < -0.3 is 0 Å². The average molecular weight is 351 g/mol. The lowest BCUT2D eigenvalue weighted by atomic mass is 9.98. The zero-order chi connectivity index (χ0) is 18.4. The van der Waals surface area contributed by atoms with Crippen LogP contribution in [0.25, 0.3) is 38.6 Å². The van der Waals surface area contributed by atoms with Crippen molar-refractivity contribution in [2.24, 2.45) is 7.05 Å². The van der Waals surface area contributed by atoms with E-state index < -0.39 is 0 Å². The SMILES string of the molecule is Cc1ccc(C2=CCCC2)cc1-c1nc2cc3ccccc3cc2c[n+]1C. The van der Waals surface area contributed by atoms with Crippen molar-refractivity contribution in [1.29, 1.82) is 0 Å². The summed E-state index contributed by atoms with van der Waals surface area (Å²) in [6, 6.07) is 19.7. The number of benzene rings is 3. The Morgan fingerprint density at radius 3 is 2.52 bits per heavy atom. The first-order valence-corrected chi connectivity index (χ1v) is 9.69. The summed E-state index contributed by atoms with van der Waals surface area (Å²) in [5.74, 6) is 1.02. The Morgan fingerprint density at radius 2 is 1.74 bits per heavy atom. The van der Waals surface area contributed by atoms with Gasteiger partial charge in [0.2, 0.25) is 0 Å². The second kappa shape index (κ2) is 6.31. The van der Waals surface area contributed by atoms with Crippen LogP contribution in [-0.2, 0) is 7.05 Å². The predicted octanol–water partition coefficient (Wildman–Crippen LogP) is 5.76. The zero-order valence-electron chi connectivity index (χ0n) is 15.9. The number of hydrogen-bond acceptors (Lipinski definition) is 1. The third kappa shape index (κ3) is 2.82. The normalized spacial score (nSPS) is 14.1. The molecule has 0 spiro atoms. The quantitative estimate of drug-likeness (QED) is 0.332. The second-order valence-electron chi connectivity index (χ2n) is 7.58. The molecule has 27 heavy (non-hydrogen) atoms. The molecule has 0 bridgehead atoms. The minimum absolute atomic E-state index is 1.02. The molecule has 0 amide bonds. The van der Waals surface area contributed by atoms with E-state index in [9.17, 15) is 0 Å². The highest BCUT2D eigenvalue weighted by Crippen LogP contribution is 2.31. The van der Waals surface area contributed by atoms with E-state index in [1.165, 1.54) is 57.7 Å². The maximum absolute atomic E-state index is 5.07. The van der Waals surface area contributed by atoms with Gasteiger partial charge in [-0.15, -0.1) is 0 Å². The summed E-state index contributed by atoms with van der Waals surface area (Å²) in [6.07, 6.45) is 8.24. The van der Waals surface area contributed by atoms with E-state index in [2.05, 4.69) is 85.4 Å². The van der Waals surface area contributed by atoms with Crippen LogP contribution < -0.4 is 4.57 Å². The molecule has 3 aromatic carbocycles. The highest BCUT2D eigenvalue weighted by Gasteiger charge is 2.19. The standard InChI is InChI=1S/C25H23N2/c1-17-11-12-21(18-7-3-4-8-18)14-23(17)25-26-24-15-20-10-6-5-9-19(20)13-22(24)16-27(25)2/h5-7,9-16H,3-4,8H2,1-2H3/q+1. The van der Waals surface area contributed by atoms with Crippen molar-refractivity contribution in [3.8, 4) is 11.4 Å². The van der Waals surface area contributed by atoms with Crippen LogP contribution in [0.4, 0.5) is 0 Å². The number of aryl methyl sites for hydroxylation is 2. The Balaban J connectivity index is 1.71. The predicted molar refractivity (Wildman–Crippen MR) is 112 cm³/mol. The van der Waals surface area contributed by atoms with Crippen LogP contribution in [0, 0.1) is 6.92 Å². The summed E-state index contributed by atoms with van der Waals surface area (Å²) < 4.78 is 2.16. The highest BCUT2D eigenvalue weighted by atomic mass is 15.0. The molecule has 0 saturated heterocycles. The van der Waals surface area contributed by atoms with Gasteiger partial charge >= 0.3 is 5.82 Å². The molecule has 1 aromatic heterocycles. The molecular formula is C25H23N2+. The summed E-state index contributed by atoms with van der Waals surface area (Å²) in [5, 5.41) is 3.66. The zero-order valence-corrected chi connectivity index (χ0v) is 15.9. The van der Waals surface area contributed by atoms with Crippen LogP contribution in [0.1, 0.15) is 30.4 Å². The maximum Gasteiger partial charge on any atom is 0.331 e. The number of aromatic nitrogens is 2. The Labute approximate surface area is 159 Å². The largest absolute Gasteiger partial charge is 0.331 e. The van der Waals surface area contributed by atoms with E-state index in [1.54, 1.807) is 0 Å². The first kappa shape index (κ1) is 16.2. The van der Waals surface area contributed by atoms with Gasteiger partial charge in [0.05, 0.1) is 18.0 Å². The first-order chi connectivity index (χ1) is 13.2. The third-order valence-corrected chi connectivity index (χ3v) is 5.68. The molecule has 0 aliphatic heterocycles. The van der Waals surface area contributed by atoms with Crippen molar-refractivity contribution in [1.82, 2.24) is 4.98 Å². The van der Waals surface area contributed by atoms with Crippen LogP contribution in [0.3, 0.4) is 0 Å². The van der Waals surface area contributed by atoms with Gasteiger partial charge in [-0.3, -0.25) is 0 Å². The summed E-state index contributed by atoms with van der Waals surface area (Å²) in [6.45, 7) is 2.18. The summed E-state index contributed by atoms with van der Waals surface area (Å²) in [4.78, 5) is 5.07. The Kier molecular flexibility index (Phi) is 3.78. The van der Waals surface area contributed by atoms with Gasteiger partial charge in [0.1, 0.15) is 6.20 Å². The minimum Gasteiger partial charge on any atom is -0.232 e. The van der Waals surface area contributed by atoms with Crippen LogP contribution in [0.5, 0.6) is 0 Å². The Morgan fingerprint density at radius 1 is 0.926 bits per heavy atom. The fraction of sp³-hybridized carbons (Fsp3) is 0.200. The van der Waals surface area contributed by atoms with E-state index in [4.69, 9.17) is 4.98 Å². The Hall–Kier alpha value is -3.00. The lowest BCUT2D eigenvalue weighted by Crippen LogP contribution is -2.32. The molecule has 0 radical (unpaired) electrons. The van der Waals surface area contributed by atoms with E-state index >= 15 is 0 Å². The van der Waals surface area contributed by atoms with Crippen molar-refractivity contribution in [3.05, 3.63) is 78.0 Å². The number of fused-ring (bicyclic) bond motifs is 2. The number of allylic oxidation sites excluding steroid dienone is 2. The molecule has 1 aliphatic carbocycles. The van der Waals surface area contributed by atoms with Crippen LogP contribution in [-0.4, -0.2) is 4.98 Å². The highest BCUT2D eigenvalue weighted by molar-refractivity contribution is 5.96. The molecule has 4 aromatic rings. The fourth-order valence-corrected chi connectivity index (χ4v) is 4.15. The smallest absolute Gasteiger partial charge is 0.232 e. The van der Waals surface area contributed by atoms with Gasteiger partial charge in [0.15, 0.2) is 5.52 Å². The number of nitrogens with zero attached hydrogens (tertiary/aromatic N) is 2. The van der Waals surface area contributed by atoms with Crippen LogP contribution in [0.15, 0.2) is 66.9 Å². The van der Waals surface area contributed by atoms with E-state index in [0.717, 1.165) is 11.3 Å². The summed E-state index contributed by atoms with van der Waals surface area (Å²) >= 11 is 0. The van der Waals surface area contributed by atoms with Gasteiger partial charge in [0, 0.05) is 0 Å². The van der Waals surface area contributed by atoms with Gasteiger partial charge in [-0.1, -0.05) is 42.5 Å². The Bertz CT molecular complexity index is 1220. The van der Waals surface area contributed by atoms with Gasteiger partial charge in [-0.25, -0.2) is 4.57 Å². The fourth-order valence-electron chi connectivity index (χ4n) is 4.15. The molecule has 1 heterocycles. The molecule has 1 aliphatic rings. The molecule has 0 atom stereocenters. The topological polar surface area (TPSA) is 16.8 Å². The molecule has 2 nitrogen and oxygen atoms in total. The average Bonchev–Trinajstić information content (AvgIpc) is 3.21. The van der Waals surface area contributed by atoms with Crippen molar-refractivity contribution >= 4 is 27.2 Å². The molecule has 0 fully saturated rings. The van der Waals surface area contributed by atoms with E-state index in [1.807, 2.05) is 0 Å². The van der Waals surface area contributed by atoms with Crippen molar-refractivity contribution in [2.45, 2.75) is 26.2 Å². The molecule has 0 saturated carbocycles. The molecule has 5 rings (SSSR count). The van der Waals surface area contributed by atoms with Crippen LogP contribution >= 0.6 is 0 Å². The first-order valence-electron chi connectivity index (χ1n) is 9.69. The lowest BCUT2D eigenvalue weighted by molar-refractivity contribution is -0.661. The molecular weight excluding hydrogens is 328 g/mol. The van der Waals surface area contributed by atoms with E-state index in [-0.39, 0.29) is 0 Å². The lowest BCUT2D eigenvalue weighted by Gasteiger charge is -2.09. The van der Waals surface area contributed by atoms with Gasteiger partial charge in [-0.2, -0.15) is 0 Å². The molecule has 0 unspecified atom stereocenters. The van der Waals surface area contributed by atoms with E-state index in [0.29, 0.717) is 0 Å². The van der Waals surface area contributed by atoms with Crippen molar-refractivity contribution in [3.63, 3.8) is 0 Å². The second-order valence-corrected chi connectivity index (χ2v) is 7.58.